The van der Waals surface area contributed by atoms with Crippen LogP contribution in [0.1, 0.15) is 20.8 Å². The highest BCUT2D eigenvalue weighted by molar-refractivity contribution is 7.22. The van der Waals surface area contributed by atoms with Crippen molar-refractivity contribution in [2.45, 2.75) is 6.92 Å². The van der Waals surface area contributed by atoms with Gasteiger partial charge in [0.25, 0.3) is 0 Å². The fourth-order valence-corrected chi connectivity index (χ4v) is 4.90. The molecule has 4 rings (SSSR count). The number of aliphatic imine (C=N–C) groups is 1. The van der Waals surface area contributed by atoms with Crippen molar-refractivity contribution in [2.24, 2.45) is 4.99 Å². The van der Waals surface area contributed by atoms with E-state index >= 15 is 0 Å². The largest absolute Gasteiger partial charge is 0.506 e. The van der Waals surface area contributed by atoms with Gasteiger partial charge in [-0.1, -0.05) is 34.8 Å². The van der Waals surface area contributed by atoms with Gasteiger partial charge in [0.1, 0.15) is 11.5 Å². The third kappa shape index (κ3) is 2.25. The summed E-state index contributed by atoms with van der Waals surface area (Å²) in [6, 6.07) is 6.60. The highest BCUT2D eigenvalue weighted by atomic mass is 35.5. The first-order chi connectivity index (χ1) is 11.4. The van der Waals surface area contributed by atoms with E-state index < -0.39 is 0 Å². The van der Waals surface area contributed by atoms with Crippen LogP contribution in [0.15, 0.2) is 29.3 Å². The normalized spacial score (nSPS) is 13.5. The van der Waals surface area contributed by atoms with Crippen LogP contribution in [-0.2, 0) is 0 Å². The summed E-state index contributed by atoms with van der Waals surface area (Å²) in [4.78, 5) is 17.5. The fourth-order valence-electron chi connectivity index (χ4n) is 2.83. The number of hydrogen-bond donors (Lipinski definition) is 1. The van der Waals surface area contributed by atoms with Crippen molar-refractivity contribution in [1.82, 2.24) is 0 Å². The standard InChI is InChI=1S/C17H8Cl3NO2S/c1-6-2-7(18)5-11-12(6)16(23)17(24-11)14-15(22)9-3-8(19)4-10(20)13(9)21-14/h2-5,23H,1H3. The average molecular weight is 397 g/mol. The molecule has 1 aromatic heterocycles. The van der Waals surface area contributed by atoms with E-state index in [4.69, 9.17) is 34.8 Å². The molecule has 2 heterocycles. The number of aromatic hydroxyl groups is 1. The lowest BCUT2D eigenvalue weighted by atomic mass is 10.1. The quantitative estimate of drug-likeness (QED) is 0.533. The third-order valence-electron chi connectivity index (χ3n) is 3.85. The summed E-state index contributed by atoms with van der Waals surface area (Å²) in [5, 5.41) is 12.5. The molecule has 0 unspecified atom stereocenters. The molecular weight excluding hydrogens is 389 g/mol. The minimum atomic E-state index is -0.306. The zero-order valence-corrected chi connectivity index (χ0v) is 15.2. The number of ketones is 1. The molecule has 3 nitrogen and oxygen atoms in total. The molecular formula is C17H8Cl3NO2S. The molecule has 120 valence electrons. The predicted octanol–water partition coefficient (Wildman–Crippen LogP) is 6.19. The molecule has 1 aliphatic rings. The van der Waals surface area contributed by atoms with Crippen molar-refractivity contribution < 1.29 is 9.90 Å². The van der Waals surface area contributed by atoms with Gasteiger partial charge in [-0.25, -0.2) is 4.99 Å². The number of carbonyl (C=O) groups is 1. The van der Waals surface area contributed by atoms with Gasteiger partial charge < -0.3 is 5.11 Å². The first kappa shape index (κ1) is 15.9. The molecule has 0 saturated carbocycles. The zero-order chi connectivity index (χ0) is 17.2. The SMILES string of the molecule is Cc1cc(Cl)cc2sc(C3=Nc4c(Cl)cc(Cl)cc4C3=O)c(O)c12. The van der Waals surface area contributed by atoms with E-state index in [-0.39, 0.29) is 17.2 Å². The lowest BCUT2D eigenvalue weighted by molar-refractivity contribution is 0.107. The highest BCUT2D eigenvalue weighted by Crippen LogP contribution is 2.44. The van der Waals surface area contributed by atoms with Crippen LogP contribution in [0.3, 0.4) is 0 Å². The Morgan fingerprint density at radius 2 is 1.79 bits per heavy atom. The number of hydrogen-bond acceptors (Lipinski definition) is 4. The van der Waals surface area contributed by atoms with Crippen molar-refractivity contribution in [3.05, 3.63) is 55.3 Å². The van der Waals surface area contributed by atoms with E-state index in [9.17, 15) is 9.90 Å². The van der Waals surface area contributed by atoms with Gasteiger partial charge in [0.05, 0.1) is 21.2 Å². The lowest BCUT2D eigenvalue weighted by Gasteiger charge is -1.99. The van der Waals surface area contributed by atoms with Crippen molar-refractivity contribution in [3.63, 3.8) is 0 Å². The molecule has 0 bridgehead atoms. The Balaban J connectivity index is 1.95. The summed E-state index contributed by atoms with van der Waals surface area (Å²) in [6.07, 6.45) is 0. The summed E-state index contributed by atoms with van der Waals surface area (Å²) in [7, 11) is 0. The van der Waals surface area contributed by atoms with Crippen molar-refractivity contribution in [2.75, 3.05) is 0 Å². The molecule has 0 radical (unpaired) electrons. The van der Waals surface area contributed by atoms with E-state index in [1.165, 1.54) is 23.5 Å². The Labute approximate surface area is 156 Å². The molecule has 0 amide bonds. The number of benzene rings is 2. The Kier molecular flexibility index (Phi) is 3.62. The minimum absolute atomic E-state index is 0.0336. The number of rotatable bonds is 1. The van der Waals surface area contributed by atoms with Crippen LogP contribution in [0.25, 0.3) is 10.1 Å². The van der Waals surface area contributed by atoms with Crippen LogP contribution in [0, 0.1) is 6.92 Å². The van der Waals surface area contributed by atoms with Gasteiger partial charge in [-0.3, -0.25) is 4.79 Å². The van der Waals surface area contributed by atoms with Crippen LogP contribution < -0.4 is 0 Å². The van der Waals surface area contributed by atoms with Crippen LogP contribution in [0.5, 0.6) is 5.75 Å². The molecule has 0 fully saturated rings. The van der Waals surface area contributed by atoms with Gasteiger partial charge in [0.2, 0.25) is 5.78 Å². The van der Waals surface area contributed by atoms with Crippen LogP contribution in [0.2, 0.25) is 15.1 Å². The summed E-state index contributed by atoms with van der Waals surface area (Å²) in [5.41, 5.74) is 1.73. The van der Waals surface area contributed by atoms with Crippen molar-refractivity contribution >= 4 is 73.4 Å². The molecule has 24 heavy (non-hydrogen) atoms. The Morgan fingerprint density at radius 3 is 2.54 bits per heavy atom. The van der Waals surface area contributed by atoms with Gasteiger partial charge >= 0.3 is 0 Å². The second-order valence-electron chi connectivity index (χ2n) is 5.45. The Hall–Kier alpha value is -1.59. The van der Waals surface area contributed by atoms with E-state index in [1.54, 1.807) is 12.1 Å². The Bertz CT molecular complexity index is 1090. The molecule has 7 heteroatoms. The monoisotopic (exact) mass is 395 g/mol. The number of aryl methyl sites for hydroxylation is 1. The molecule has 1 N–H and O–H groups in total. The summed E-state index contributed by atoms with van der Waals surface area (Å²) in [6.45, 7) is 1.86. The fraction of sp³-hybridized carbons (Fsp3) is 0.0588. The van der Waals surface area contributed by atoms with E-state index in [0.717, 1.165) is 10.3 Å². The maximum atomic E-state index is 12.7. The summed E-state index contributed by atoms with van der Waals surface area (Å²) < 4.78 is 0.795. The van der Waals surface area contributed by atoms with E-state index in [2.05, 4.69) is 4.99 Å². The smallest absolute Gasteiger partial charge is 0.215 e. The zero-order valence-electron chi connectivity index (χ0n) is 12.2. The molecule has 0 aliphatic carbocycles. The van der Waals surface area contributed by atoms with Crippen LogP contribution in [0.4, 0.5) is 5.69 Å². The number of halogens is 3. The van der Waals surface area contributed by atoms with E-state index in [1.807, 2.05) is 6.92 Å². The second kappa shape index (κ2) is 5.46. The van der Waals surface area contributed by atoms with Gasteiger partial charge in [-0.15, -0.1) is 11.3 Å². The molecule has 2 aromatic carbocycles. The number of thiophene rings is 1. The van der Waals surface area contributed by atoms with Crippen LogP contribution >= 0.6 is 46.1 Å². The summed E-state index contributed by atoms with van der Waals surface area (Å²) >= 11 is 19.5. The number of carbonyl (C=O) groups excluding carboxylic acids is 1. The molecule has 0 atom stereocenters. The molecule has 1 aliphatic heterocycles. The molecule has 3 aromatic rings. The van der Waals surface area contributed by atoms with E-state index in [0.29, 0.717) is 36.6 Å². The maximum Gasteiger partial charge on any atom is 0.215 e. The maximum absolute atomic E-state index is 12.7. The summed E-state index contributed by atoms with van der Waals surface area (Å²) in [5.74, 6) is -0.272. The van der Waals surface area contributed by atoms with Gasteiger partial charge in [0.15, 0.2) is 0 Å². The number of nitrogens with zero attached hydrogens (tertiary/aromatic N) is 1. The lowest BCUT2D eigenvalue weighted by Crippen LogP contribution is -2.09. The Morgan fingerprint density at radius 1 is 1.08 bits per heavy atom. The molecule has 0 saturated heterocycles. The predicted molar refractivity (Wildman–Crippen MR) is 100 cm³/mol. The minimum Gasteiger partial charge on any atom is -0.506 e. The van der Waals surface area contributed by atoms with Gasteiger partial charge in [0, 0.05) is 20.1 Å². The number of fused-ring (bicyclic) bond motifs is 2. The van der Waals surface area contributed by atoms with Gasteiger partial charge in [-0.2, -0.15) is 0 Å². The van der Waals surface area contributed by atoms with Crippen LogP contribution in [-0.4, -0.2) is 16.6 Å². The number of Topliss-reactive ketones (excluding diaryl/α,β-unsaturated/α-hetero) is 1. The molecule has 0 spiro atoms. The highest BCUT2D eigenvalue weighted by Gasteiger charge is 2.31. The van der Waals surface area contributed by atoms with Crippen molar-refractivity contribution in [1.29, 1.82) is 0 Å². The average Bonchev–Trinajstić information content (AvgIpc) is 2.98. The second-order valence-corrected chi connectivity index (χ2v) is 7.78. The first-order valence-corrected chi connectivity index (χ1v) is 8.86. The first-order valence-electron chi connectivity index (χ1n) is 6.91. The van der Waals surface area contributed by atoms with Gasteiger partial charge in [-0.05, 0) is 36.8 Å². The third-order valence-corrected chi connectivity index (χ3v) is 5.71. The van der Waals surface area contributed by atoms with Crippen molar-refractivity contribution in [3.8, 4) is 5.75 Å². The topological polar surface area (TPSA) is 49.7 Å².